The molecule has 3 heterocycles. The molecule has 0 N–H and O–H groups in total. The van der Waals surface area contributed by atoms with Gasteiger partial charge in [0.15, 0.2) is 0 Å². The van der Waals surface area contributed by atoms with Crippen molar-refractivity contribution >= 4 is 11.1 Å². The lowest BCUT2D eigenvalue weighted by molar-refractivity contribution is 0.431. The van der Waals surface area contributed by atoms with Crippen molar-refractivity contribution in [2.24, 2.45) is 0 Å². The molecule has 4 rings (SSSR count). The minimum Gasteiger partial charge on any atom is -0.439 e. The predicted octanol–water partition coefficient (Wildman–Crippen LogP) is 4.52. The second-order valence-electron chi connectivity index (χ2n) is 5.29. The lowest BCUT2D eigenvalue weighted by Gasteiger charge is -2.07. The summed E-state index contributed by atoms with van der Waals surface area (Å²) in [7, 11) is 0. The standard InChI is InChI=1S/C18H12FN3O2/c1-11-4-5-13(19)9-15(11)23-16-7-6-14-17(22-24-18(14)21-16)12-3-2-8-20-10-12/h2-10H,1H3. The Morgan fingerprint density at radius 2 is 2.04 bits per heavy atom. The number of hydrogen-bond donors (Lipinski definition) is 0. The predicted molar refractivity (Wildman–Crippen MR) is 86.2 cm³/mol. The van der Waals surface area contributed by atoms with Crippen LogP contribution < -0.4 is 4.74 Å². The highest BCUT2D eigenvalue weighted by atomic mass is 19.1. The van der Waals surface area contributed by atoms with E-state index in [2.05, 4.69) is 15.1 Å². The monoisotopic (exact) mass is 321 g/mol. The van der Waals surface area contributed by atoms with Gasteiger partial charge in [-0.1, -0.05) is 11.2 Å². The summed E-state index contributed by atoms with van der Waals surface area (Å²) in [6.07, 6.45) is 3.40. The third-order valence-electron chi connectivity index (χ3n) is 3.61. The molecule has 4 aromatic rings. The van der Waals surface area contributed by atoms with Gasteiger partial charge in [-0.25, -0.2) is 4.39 Å². The molecule has 0 unspecified atom stereocenters. The first-order valence-corrected chi connectivity index (χ1v) is 7.31. The first-order valence-electron chi connectivity index (χ1n) is 7.31. The fourth-order valence-corrected chi connectivity index (χ4v) is 2.38. The molecule has 0 amide bonds. The maximum atomic E-state index is 13.4. The Labute approximate surface area is 136 Å². The van der Waals surface area contributed by atoms with Crippen LogP contribution in [0.4, 0.5) is 4.39 Å². The molecule has 0 aliphatic rings. The molecule has 5 nitrogen and oxygen atoms in total. The van der Waals surface area contributed by atoms with E-state index in [9.17, 15) is 4.39 Å². The molecule has 0 aliphatic heterocycles. The van der Waals surface area contributed by atoms with Gasteiger partial charge in [-0.3, -0.25) is 4.98 Å². The molecule has 0 atom stereocenters. The number of pyridine rings is 2. The van der Waals surface area contributed by atoms with E-state index in [1.807, 2.05) is 25.1 Å². The Kier molecular flexibility index (Phi) is 3.42. The van der Waals surface area contributed by atoms with Crippen LogP contribution in [0.3, 0.4) is 0 Å². The molecule has 24 heavy (non-hydrogen) atoms. The number of fused-ring (bicyclic) bond motifs is 1. The van der Waals surface area contributed by atoms with Crippen molar-refractivity contribution in [2.75, 3.05) is 0 Å². The zero-order valence-corrected chi connectivity index (χ0v) is 12.7. The summed E-state index contributed by atoms with van der Waals surface area (Å²) in [5.74, 6) is 0.356. The van der Waals surface area contributed by atoms with Gasteiger partial charge < -0.3 is 9.26 Å². The summed E-state index contributed by atoms with van der Waals surface area (Å²) in [6, 6.07) is 11.6. The van der Waals surface area contributed by atoms with Crippen molar-refractivity contribution in [3.63, 3.8) is 0 Å². The normalized spacial score (nSPS) is 10.9. The highest BCUT2D eigenvalue weighted by molar-refractivity contribution is 5.89. The Morgan fingerprint density at radius 1 is 1.12 bits per heavy atom. The largest absolute Gasteiger partial charge is 0.439 e. The van der Waals surface area contributed by atoms with Gasteiger partial charge in [-0.2, -0.15) is 4.98 Å². The lowest BCUT2D eigenvalue weighted by Crippen LogP contribution is -1.91. The van der Waals surface area contributed by atoms with E-state index in [-0.39, 0.29) is 5.82 Å². The maximum Gasteiger partial charge on any atom is 0.261 e. The van der Waals surface area contributed by atoms with Crippen molar-refractivity contribution in [1.29, 1.82) is 0 Å². The van der Waals surface area contributed by atoms with Crippen LogP contribution in [0.25, 0.3) is 22.4 Å². The number of ether oxygens (including phenoxy) is 1. The maximum absolute atomic E-state index is 13.4. The van der Waals surface area contributed by atoms with Gasteiger partial charge in [-0.15, -0.1) is 0 Å². The van der Waals surface area contributed by atoms with Crippen LogP contribution in [0, 0.1) is 12.7 Å². The first kappa shape index (κ1) is 14.3. The van der Waals surface area contributed by atoms with E-state index in [1.54, 1.807) is 24.5 Å². The third-order valence-corrected chi connectivity index (χ3v) is 3.61. The van der Waals surface area contributed by atoms with Crippen molar-refractivity contribution in [2.45, 2.75) is 6.92 Å². The van der Waals surface area contributed by atoms with Gasteiger partial charge in [-0.05, 0) is 36.8 Å². The van der Waals surface area contributed by atoms with Crippen LogP contribution in [0.15, 0.2) is 59.4 Å². The van der Waals surface area contributed by atoms with Gasteiger partial charge in [0.2, 0.25) is 5.88 Å². The summed E-state index contributed by atoms with van der Waals surface area (Å²) in [4.78, 5) is 8.37. The zero-order chi connectivity index (χ0) is 16.5. The third kappa shape index (κ3) is 2.58. The van der Waals surface area contributed by atoms with E-state index >= 15 is 0 Å². The van der Waals surface area contributed by atoms with Crippen LogP contribution in [-0.2, 0) is 0 Å². The summed E-state index contributed by atoms with van der Waals surface area (Å²) in [5.41, 5.74) is 2.67. The fourth-order valence-electron chi connectivity index (χ4n) is 2.38. The molecule has 0 bridgehead atoms. The van der Waals surface area contributed by atoms with Gasteiger partial charge in [0, 0.05) is 30.1 Å². The van der Waals surface area contributed by atoms with Crippen LogP contribution in [-0.4, -0.2) is 15.1 Å². The van der Waals surface area contributed by atoms with E-state index < -0.39 is 0 Å². The van der Waals surface area contributed by atoms with Gasteiger partial charge in [0.05, 0.1) is 5.39 Å². The molecule has 1 aromatic carbocycles. The number of nitrogens with zero attached hydrogens (tertiary/aromatic N) is 3. The number of aryl methyl sites for hydroxylation is 1. The number of rotatable bonds is 3. The molecule has 3 aromatic heterocycles. The van der Waals surface area contributed by atoms with E-state index in [0.29, 0.717) is 23.0 Å². The molecule has 118 valence electrons. The molecule has 0 saturated carbocycles. The highest BCUT2D eigenvalue weighted by Crippen LogP contribution is 2.30. The van der Waals surface area contributed by atoms with E-state index in [1.165, 1.54) is 12.1 Å². The SMILES string of the molecule is Cc1ccc(F)cc1Oc1ccc2c(-c3cccnc3)noc2n1. The van der Waals surface area contributed by atoms with Crippen molar-refractivity contribution in [1.82, 2.24) is 15.1 Å². The minimum atomic E-state index is -0.366. The van der Waals surface area contributed by atoms with E-state index in [4.69, 9.17) is 9.26 Å². The lowest BCUT2D eigenvalue weighted by atomic mass is 10.1. The summed E-state index contributed by atoms with van der Waals surface area (Å²) >= 11 is 0. The Bertz CT molecular complexity index is 1020. The quantitative estimate of drug-likeness (QED) is 0.555. The number of benzene rings is 1. The Morgan fingerprint density at radius 3 is 2.88 bits per heavy atom. The van der Waals surface area contributed by atoms with Crippen LogP contribution >= 0.6 is 0 Å². The molecule has 0 aliphatic carbocycles. The molecule has 0 fully saturated rings. The molecule has 0 saturated heterocycles. The van der Waals surface area contributed by atoms with Crippen LogP contribution in [0.5, 0.6) is 11.6 Å². The zero-order valence-electron chi connectivity index (χ0n) is 12.7. The molecule has 0 radical (unpaired) electrons. The number of aromatic nitrogens is 3. The van der Waals surface area contributed by atoms with Crippen LogP contribution in [0.1, 0.15) is 5.56 Å². The Balaban J connectivity index is 1.71. The minimum absolute atomic E-state index is 0.310. The van der Waals surface area contributed by atoms with Crippen molar-refractivity contribution < 1.29 is 13.7 Å². The average molecular weight is 321 g/mol. The second kappa shape index (κ2) is 5.73. The summed E-state index contributed by atoms with van der Waals surface area (Å²) < 4.78 is 24.3. The van der Waals surface area contributed by atoms with Gasteiger partial charge in [0.1, 0.15) is 17.3 Å². The molecular weight excluding hydrogens is 309 g/mol. The van der Waals surface area contributed by atoms with Crippen molar-refractivity contribution in [3.8, 4) is 22.9 Å². The highest BCUT2D eigenvalue weighted by Gasteiger charge is 2.13. The molecular formula is C18H12FN3O2. The number of hydrogen-bond acceptors (Lipinski definition) is 5. The Hall–Kier alpha value is -3.28. The average Bonchev–Trinajstić information content (AvgIpc) is 3.02. The molecule has 6 heteroatoms. The van der Waals surface area contributed by atoms with Crippen LogP contribution in [0.2, 0.25) is 0 Å². The fraction of sp³-hybridized carbons (Fsp3) is 0.0556. The number of halogens is 1. The second-order valence-corrected chi connectivity index (χ2v) is 5.29. The van der Waals surface area contributed by atoms with E-state index in [0.717, 1.165) is 16.5 Å². The smallest absolute Gasteiger partial charge is 0.261 e. The molecule has 0 spiro atoms. The first-order chi connectivity index (χ1) is 11.7. The van der Waals surface area contributed by atoms with Crippen molar-refractivity contribution in [3.05, 3.63) is 66.2 Å². The summed E-state index contributed by atoms with van der Waals surface area (Å²) in [5, 5.41) is 4.81. The topological polar surface area (TPSA) is 61.0 Å². The summed E-state index contributed by atoms with van der Waals surface area (Å²) in [6.45, 7) is 1.84. The van der Waals surface area contributed by atoms with Gasteiger partial charge in [0.25, 0.3) is 5.71 Å². The van der Waals surface area contributed by atoms with Gasteiger partial charge >= 0.3 is 0 Å².